The number of hydrogen-bond donors (Lipinski definition) is 1. The molecule has 106 valence electrons. The first kappa shape index (κ1) is 14.4. The minimum atomic E-state index is 0.735. The Bertz CT molecular complexity index is 379. The third kappa shape index (κ3) is 4.84. The number of rotatable bonds is 6. The monoisotopic (exact) mass is 262 g/mol. The molecule has 0 saturated carbocycles. The maximum atomic E-state index is 5.78. The van der Waals surface area contributed by atoms with Crippen molar-refractivity contribution >= 4 is 0 Å². The van der Waals surface area contributed by atoms with Gasteiger partial charge in [0.15, 0.2) is 0 Å². The summed E-state index contributed by atoms with van der Waals surface area (Å²) in [4.78, 5) is 2.49. The van der Waals surface area contributed by atoms with Crippen molar-refractivity contribution in [2.75, 3.05) is 32.8 Å². The molecule has 1 heterocycles. The fourth-order valence-electron chi connectivity index (χ4n) is 2.39. The molecule has 0 aliphatic carbocycles. The van der Waals surface area contributed by atoms with Gasteiger partial charge in [-0.15, -0.1) is 0 Å². The lowest BCUT2D eigenvalue weighted by molar-refractivity contribution is 0.223. The maximum absolute atomic E-state index is 5.78. The van der Waals surface area contributed by atoms with E-state index in [2.05, 4.69) is 42.3 Å². The van der Waals surface area contributed by atoms with Gasteiger partial charge in [-0.25, -0.2) is 0 Å². The molecule has 2 rings (SSSR count). The van der Waals surface area contributed by atoms with Gasteiger partial charge in [-0.1, -0.05) is 32.0 Å². The van der Waals surface area contributed by atoms with Crippen LogP contribution < -0.4 is 10.1 Å². The smallest absolute Gasteiger partial charge is 0.123 e. The third-order valence-electron chi connectivity index (χ3n) is 3.41. The van der Waals surface area contributed by atoms with Crippen molar-refractivity contribution in [3.63, 3.8) is 0 Å². The highest BCUT2D eigenvalue weighted by molar-refractivity contribution is 5.33. The third-order valence-corrected chi connectivity index (χ3v) is 3.41. The van der Waals surface area contributed by atoms with E-state index in [1.807, 2.05) is 6.07 Å². The summed E-state index contributed by atoms with van der Waals surface area (Å²) in [7, 11) is 0. The minimum absolute atomic E-state index is 0.735. The van der Waals surface area contributed by atoms with Crippen LogP contribution in [0.1, 0.15) is 25.8 Å². The first-order valence-corrected chi connectivity index (χ1v) is 7.39. The highest BCUT2D eigenvalue weighted by atomic mass is 16.5. The van der Waals surface area contributed by atoms with Crippen molar-refractivity contribution in [3.05, 3.63) is 29.8 Å². The molecular weight excluding hydrogens is 236 g/mol. The zero-order chi connectivity index (χ0) is 13.5. The van der Waals surface area contributed by atoms with E-state index in [0.717, 1.165) is 51.0 Å². The van der Waals surface area contributed by atoms with Gasteiger partial charge in [0.2, 0.25) is 0 Å². The van der Waals surface area contributed by atoms with Crippen molar-refractivity contribution in [1.82, 2.24) is 10.2 Å². The predicted molar refractivity (Wildman–Crippen MR) is 79.5 cm³/mol. The van der Waals surface area contributed by atoms with E-state index >= 15 is 0 Å². The van der Waals surface area contributed by atoms with Gasteiger partial charge in [0.05, 0.1) is 0 Å². The van der Waals surface area contributed by atoms with Crippen LogP contribution in [0.2, 0.25) is 0 Å². The summed E-state index contributed by atoms with van der Waals surface area (Å²) in [6, 6.07) is 8.38. The Labute approximate surface area is 116 Å². The van der Waals surface area contributed by atoms with Crippen molar-refractivity contribution in [2.24, 2.45) is 5.92 Å². The molecule has 0 saturated heterocycles. The second-order valence-corrected chi connectivity index (χ2v) is 5.68. The van der Waals surface area contributed by atoms with Gasteiger partial charge in [0.1, 0.15) is 12.4 Å². The molecular formula is C16H26N2O. The molecule has 3 nitrogen and oxygen atoms in total. The fourth-order valence-corrected chi connectivity index (χ4v) is 2.39. The molecule has 0 fully saturated rings. The quantitative estimate of drug-likeness (QED) is 0.797. The van der Waals surface area contributed by atoms with Crippen LogP contribution in [0, 0.1) is 5.92 Å². The molecule has 19 heavy (non-hydrogen) atoms. The van der Waals surface area contributed by atoms with E-state index in [1.54, 1.807) is 0 Å². The average molecular weight is 262 g/mol. The van der Waals surface area contributed by atoms with Crippen LogP contribution in [-0.2, 0) is 6.54 Å². The molecule has 0 unspecified atom stereocenters. The predicted octanol–water partition coefficient (Wildman–Crippen LogP) is 2.52. The van der Waals surface area contributed by atoms with Gasteiger partial charge >= 0.3 is 0 Å². The second-order valence-electron chi connectivity index (χ2n) is 5.68. The van der Waals surface area contributed by atoms with Crippen LogP contribution in [0.3, 0.4) is 0 Å². The molecule has 1 aromatic rings. The van der Waals surface area contributed by atoms with Crippen molar-refractivity contribution in [2.45, 2.75) is 26.8 Å². The van der Waals surface area contributed by atoms with E-state index in [9.17, 15) is 0 Å². The normalized spacial score (nSPS) is 15.9. The second kappa shape index (κ2) is 7.51. The molecule has 1 aliphatic heterocycles. The summed E-state index contributed by atoms with van der Waals surface area (Å²) in [5.74, 6) is 1.79. The first-order chi connectivity index (χ1) is 9.25. The Morgan fingerprint density at radius 1 is 1.32 bits per heavy atom. The molecule has 0 atom stereocenters. The average Bonchev–Trinajstić information content (AvgIpc) is 2.59. The molecule has 0 aromatic heterocycles. The Morgan fingerprint density at radius 3 is 3.00 bits per heavy atom. The number of para-hydroxylation sites is 1. The SMILES string of the molecule is CC(C)CNCCCN1CCOc2ccccc2C1. The Balaban J connectivity index is 1.73. The minimum Gasteiger partial charge on any atom is -0.492 e. The van der Waals surface area contributed by atoms with Crippen LogP contribution in [-0.4, -0.2) is 37.7 Å². The number of benzene rings is 1. The number of hydrogen-bond acceptors (Lipinski definition) is 3. The van der Waals surface area contributed by atoms with Gasteiger partial charge < -0.3 is 10.1 Å². The summed E-state index contributed by atoms with van der Waals surface area (Å²) < 4.78 is 5.78. The van der Waals surface area contributed by atoms with Gasteiger partial charge in [0.25, 0.3) is 0 Å². The maximum Gasteiger partial charge on any atom is 0.123 e. The van der Waals surface area contributed by atoms with Crippen molar-refractivity contribution < 1.29 is 4.74 Å². The van der Waals surface area contributed by atoms with Crippen LogP contribution in [0.4, 0.5) is 0 Å². The van der Waals surface area contributed by atoms with Crippen molar-refractivity contribution in [1.29, 1.82) is 0 Å². The van der Waals surface area contributed by atoms with Crippen LogP contribution in [0.25, 0.3) is 0 Å². The van der Waals surface area contributed by atoms with E-state index in [1.165, 1.54) is 12.0 Å². The number of ether oxygens (including phenoxy) is 1. The Morgan fingerprint density at radius 2 is 2.16 bits per heavy atom. The number of nitrogens with zero attached hydrogens (tertiary/aromatic N) is 1. The molecule has 1 aliphatic rings. The lowest BCUT2D eigenvalue weighted by Gasteiger charge is -2.19. The molecule has 0 amide bonds. The van der Waals surface area contributed by atoms with E-state index in [4.69, 9.17) is 4.74 Å². The van der Waals surface area contributed by atoms with Gasteiger partial charge in [0, 0.05) is 18.7 Å². The highest BCUT2D eigenvalue weighted by Crippen LogP contribution is 2.22. The lowest BCUT2D eigenvalue weighted by Crippen LogP contribution is -2.30. The zero-order valence-corrected chi connectivity index (χ0v) is 12.2. The van der Waals surface area contributed by atoms with Gasteiger partial charge in [-0.05, 0) is 38.0 Å². The molecule has 0 bridgehead atoms. The van der Waals surface area contributed by atoms with Gasteiger partial charge in [-0.3, -0.25) is 4.90 Å². The molecule has 3 heteroatoms. The Hall–Kier alpha value is -1.06. The summed E-state index contributed by atoms with van der Waals surface area (Å²) in [5, 5.41) is 3.50. The molecule has 0 spiro atoms. The largest absolute Gasteiger partial charge is 0.492 e. The van der Waals surface area contributed by atoms with Crippen molar-refractivity contribution in [3.8, 4) is 5.75 Å². The van der Waals surface area contributed by atoms with Gasteiger partial charge in [-0.2, -0.15) is 0 Å². The molecule has 1 N–H and O–H groups in total. The topological polar surface area (TPSA) is 24.5 Å². The van der Waals surface area contributed by atoms with E-state index in [0.29, 0.717) is 0 Å². The fraction of sp³-hybridized carbons (Fsp3) is 0.625. The summed E-state index contributed by atoms with van der Waals surface area (Å²) in [6.45, 7) is 10.7. The summed E-state index contributed by atoms with van der Waals surface area (Å²) in [6.07, 6.45) is 1.20. The molecule has 1 aromatic carbocycles. The summed E-state index contributed by atoms with van der Waals surface area (Å²) >= 11 is 0. The van der Waals surface area contributed by atoms with Crippen LogP contribution >= 0.6 is 0 Å². The zero-order valence-electron chi connectivity index (χ0n) is 12.2. The van der Waals surface area contributed by atoms with E-state index in [-0.39, 0.29) is 0 Å². The highest BCUT2D eigenvalue weighted by Gasteiger charge is 2.13. The summed E-state index contributed by atoms with van der Waals surface area (Å²) in [5.41, 5.74) is 1.31. The number of nitrogens with one attached hydrogen (secondary N) is 1. The Kier molecular flexibility index (Phi) is 5.67. The molecule has 0 radical (unpaired) electrons. The number of fused-ring (bicyclic) bond motifs is 1. The van der Waals surface area contributed by atoms with Crippen LogP contribution in [0.15, 0.2) is 24.3 Å². The first-order valence-electron chi connectivity index (χ1n) is 7.39. The standard InChI is InChI=1S/C16H26N2O/c1-14(2)12-17-8-5-9-18-10-11-19-16-7-4-3-6-15(16)13-18/h3-4,6-7,14,17H,5,8-13H2,1-2H3. The van der Waals surface area contributed by atoms with Crippen LogP contribution in [0.5, 0.6) is 5.75 Å². The lowest BCUT2D eigenvalue weighted by atomic mass is 10.2. The van der Waals surface area contributed by atoms with E-state index < -0.39 is 0 Å².